The maximum absolute atomic E-state index is 12.2. The molecule has 1 heteroatoms. The minimum absolute atomic E-state index is 0.246. The maximum Gasteiger partial charge on any atom is 0.139 e. The molecule has 0 aromatic heterocycles. The van der Waals surface area contributed by atoms with Crippen molar-refractivity contribution in [3.63, 3.8) is 0 Å². The van der Waals surface area contributed by atoms with Gasteiger partial charge in [0.05, 0.1) is 0 Å². The normalized spacial score (nSPS) is 41.9. The van der Waals surface area contributed by atoms with Crippen molar-refractivity contribution >= 4 is 5.78 Å². The van der Waals surface area contributed by atoms with E-state index in [0.29, 0.717) is 17.6 Å². The molecule has 2 aliphatic carbocycles. The van der Waals surface area contributed by atoms with E-state index in [2.05, 4.69) is 20.8 Å². The van der Waals surface area contributed by atoms with Gasteiger partial charge >= 0.3 is 0 Å². The lowest BCUT2D eigenvalue weighted by molar-refractivity contribution is -0.139. The van der Waals surface area contributed by atoms with E-state index in [0.717, 1.165) is 0 Å². The van der Waals surface area contributed by atoms with Crippen LogP contribution in [0.2, 0.25) is 0 Å². The van der Waals surface area contributed by atoms with E-state index < -0.39 is 0 Å². The Kier molecular flexibility index (Phi) is 2.45. The fourth-order valence-corrected chi connectivity index (χ4v) is 3.39. The highest BCUT2D eigenvalue weighted by Crippen LogP contribution is 2.48. The van der Waals surface area contributed by atoms with Gasteiger partial charge in [-0.2, -0.15) is 0 Å². The third-order valence-electron chi connectivity index (χ3n) is 4.66. The summed E-state index contributed by atoms with van der Waals surface area (Å²) in [4.78, 5) is 12.2. The van der Waals surface area contributed by atoms with Crippen molar-refractivity contribution < 1.29 is 4.79 Å². The molecule has 0 aromatic carbocycles. The van der Waals surface area contributed by atoms with Crippen LogP contribution in [0.15, 0.2) is 0 Å². The second-order valence-electron chi connectivity index (χ2n) is 5.97. The van der Waals surface area contributed by atoms with Gasteiger partial charge in [0.2, 0.25) is 0 Å². The molecule has 2 rings (SSSR count). The summed E-state index contributed by atoms with van der Waals surface area (Å²) in [5.74, 6) is 1.97. The van der Waals surface area contributed by atoms with Crippen LogP contribution in [0, 0.1) is 23.2 Å². The van der Waals surface area contributed by atoms with Gasteiger partial charge in [0, 0.05) is 11.8 Å². The molecule has 80 valence electrons. The molecule has 2 fully saturated rings. The Bertz CT molecular complexity index is 242. The minimum Gasteiger partial charge on any atom is -0.299 e. The summed E-state index contributed by atoms with van der Waals surface area (Å²) in [6.07, 6.45) is 6.36. The van der Waals surface area contributed by atoms with Crippen LogP contribution in [-0.2, 0) is 4.79 Å². The topological polar surface area (TPSA) is 17.1 Å². The quantitative estimate of drug-likeness (QED) is 0.577. The van der Waals surface area contributed by atoms with Gasteiger partial charge < -0.3 is 0 Å². The van der Waals surface area contributed by atoms with Crippen molar-refractivity contribution in [2.75, 3.05) is 0 Å². The SMILES string of the molecule is C[C@H]1C(=O)[C@H]2CCCC[C@@H]2CC1(C)C. The molecule has 3 atom stereocenters. The summed E-state index contributed by atoms with van der Waals surface area (Å²) in [5, 5.41) is 0. The van der Waals surface area contributed by atoms with Crippen LogP contribution >= 0.6 is 0 Å². The zero-order valence-corrected chi connectivity index (χ0v) is 9.68. The van der Waals surface area contributed by atoms with Crippen LogP contribution in [-0.4, -0.2) is 5.78 Å². The summed E-state index contributed by atoms with van der Waals surface area (Å²) in [6, 6.07) is 0. The highest BCUT2D eigenvalue weighted by atomic mass is 16.1. The smallest absolute Gasteiger partial charge is 0.139 e. The lowest BCUT2D eigenvalue weighted by atomic mass is 9.57. The number of Topliss-reactive ketones (excluding diaryl/α,β-unsaturated/α-hetero) is 1. The molecule has 14 heavy (non-hydrogen) atoms. The van der Waals surface area contributed by atoms with Crippen molar-refractivity contribution in [1.82, 2.24) is 0 Å². The van der Waals surface area contributed by atoms with Crippen LogP contribution in [0.4, 0.5) is 0 Å². The number of carbonyl (C=O) groups excluding carboxylic acids is 1. The van der Waals surface area contributed by atoms with Crippen LogP contribution in [0.5, 0.6) is 0 Å². The van der Waals surface area contributed by atoms with Gasteiger partial charge in [0.1, 0.15) is 5.78 Å². The van der Waals surface area contributed by atoms with Gasteiger partial charge in [-0.05, 0) is 30.6 Å². The van der Waals surface area contributed by atoms with E-state index in [4.69, 9.17) is 0 Å². The van der Waals surface area contributed by atoms with Gasteiger partial charge in [0.15, 0.2) is 0 Å². The van der Waals surface area contributed by atoms with Crippen LogP contribution in [0.25, 0.3) is 0 Å². The van der Waals surface area contributed by atoms with Crippen LogP contribution < -0.4 is 0 Å². The Labute approximate surface area is 87.3 Å². The average molecular weight is 194 g/mol. The lowest BCUT2D eigenvalue weighted by Gasteiger charge is -2.46. The molecule has 0 radical (unpaired) electrons. The van der Waals surface area contributed by atoms with Gasteiger partial charge in [-0.3, -0.25) is 4.79 Å². The van der Waals surface area contributed by atoms with Crippen molar-refractivity contribution in [3.8, 4) is 0 Å². The van der Waals surface area contributed by atoms with Crippen molar-refractivity contribution in [2.24, 2.45) is 23.2 Å². The Morgan fingerprint density at radius 2 is 1.86 bits per heavy atom. The predicted molar refractivity (Wildman–Crippen MR) is 58.0 cm³/mol. The molecule has 0 unspecified atom stereocenters. The molecular formula is C13H22O. The average Bonchev–Trinajstić information content (AvgIpc) is 2.14. The molecule has 0 aromatic rings. The third-order valence-corrected chi connectivity index (χ3v) is 4.66. The Morgan fingerprint density at radius 1 is 1.21 bits per heavy atom. The van der Waals surface area contributed by atoms with Gasteiger partial charge in [-0.15, -0.1) is 0 Å². The van der Waals surface area contributed by atoms with E-state index in [1.54, 1.807) is 0 Å². The zero-order chi connectivity index (χ0) is 10.3. The van der Waals surface area contributed by atoms with E-state index >= 15 is 0 Å². The molecule has 0 saturated heterocycles. The number of ketones is 1. The van der Waals surface area contributed by atoms with Crippen LogP contribution in [0.3, 0.4) is 0 Å². The first kappa shape index (κ1) is 10.2. The number of hydrogen-bond acceptors (Lipinski definition) is 1. The minimum atomic E-state index is 0.246. The third kappa shape index (κ3) is 1.51. The molecule has 0 bridgehead atoms. The van der Waals surface area contributed by atoms with Gasteiger partial charge in [0.25, 0.3) is 0 Å². The van der Waals surface area contributed by atoms with Crippen molar-refractivity contribution in [3.05, 3.63) is 0 Å². The first-order valence-electron chi connectivity index (χ1n) is 6.06. The Hall–Kier alpha value is -0.330. The number of rotatable bonds is 0. The van der Waals surface area contributed by atoms with Gasteiger partial charge in [-0.25, -0.2) is 0 Å². The van der Waals surface area contributed by atoms with E-state index in [9.17, 15) is 4.79 Å². The Balaban J connectivity index is 2.20. The molecule has 0 spiro atoms. The zero-order valence-electron chi connectivity index (χ0n) is 9.68. The largest absolute Gasteiger partial charge is 0.299 e. The fraction of sp³-hybridized carbons (Fsp3) is 0.923. The number of hydrogen-bond donors (Lipinski definition) is 0. The summed E-state index contributed by atoms with van der Waals surface area (Å²) < 4.78 is 0. The molecule has 0 amide bonds. The van der Waals surface area contributed by atoms with E-state index in [-0.39, 0.29) is 11.3 Å². The fourth-order valence-electron chi connectivity index (χ4n) is 3.39. The molecular weight excluding hydrogens is 172 g/mol. The first-order valence-corrected chi connectivity index (χ1v) is 6.06. The molecule has 2 saturated carbocycles. The highest BCUT2D eigenvalue weighted by Gasteiger charge is 2.45. The first-order chi connectivity index (χ1) is 6.52. The van der Waals surface area contributed by atoms with E-state index in [1.165, 1.54) is 32.1 Å². The molecule has 1 nitrogen and oxygen atoms in total. The molecule has 0 heterocycles. The summed E-state index contributed by atoms with van der Waals surface area (Å²) in [7, 11) is 0. The summed E-state index contributed by atoms with van der Waals surface area (Å²) in [6.45, 7) is 6.66. The maximum atomic E-state index is 12.2. The summed E-state index contributed by atoms with van der Waals surface area (Å²) >= 11 is 0. The standard InChI is InChI=1S/C13H22O/c1-9-12(14)11-7-5-4-6-10(11)8-13(9,2)3/h9-11H,4-8H2,1-3H3/t9-,10+,11-/m0/s1. The second kappa shape index (κ2) is 3.36. The van der Waals surface area contributed by atoms with Crippen LogP contribution in [0.1, 0.15) is 52.9 Å². The van der Waals surface area contributed by atoms with Crippen molar-refractivity contribution in [2.45, 2.75) is 52.9 Å². The van der Waals surface area contributed by atoms with Crippen molar-refractivity contribution in [1.29, 1.82) is 0 Å². The molecule has 0 N–H and O–H groups in total. The number of carbonyl (C=O) groups is 1. The second-order valence-corrected chi connectivity index (χ2v) is 5.97. The number of fused-ring (bicyclic) bond motifs is 1. The highest BCUT2D eigenvalue weighted by molar-refractivity contribution is 5.85. The molecule has 2 aliphatic rings. The van der Waals surface area contributed by atoms with Gasteiger partial charge in [-0.1, -0.05) is 33.6 Å². The summed E-state index contributed by atoms with van der Waals surface area (Å²) in [5.41, 5.74) is 0.246. The lowest BCUT2D eigenvalue weighted by Crippen LogP contribution is -2.45. The monoisotopic (exact) mass is 194 g/mol. The van der Waals surface area contributed by atoms with E-state index in [1.807, 2.05) is 0 Å². The molecule has 0 aliphatic heterocycles. The Morgan fingerprint density at radius 3 is 2.57 bits per heavy atom. The predicted octanol–water partition coefficient (Wildman–Crippen LogP) is 3.43.